The molecule has 0 N–H and O–H groups in total. The number of benzene rings is 2. The van der Waals surface area contributed by atoms with Gasteiger partial charge in [0.05, 0.1) is 0 Å². The first-order valence-electron chi connectivity index (χ1n) is 13.7. The number of aromatic nitrogens is 1. The minimum absolute atomic E-state index is 0.413. The summed E-state index contributed by atoms with van der Waals surface area (Å²) >= 11 is 0. The zero-order valence-corrected chi connectivity index (χ0v) is 25.5. The fraction of sp³-hybridized carbons (Fsp3) is 0.424. The monoisotopic (exact) mass is 492 g/mol. The second kappa shape index (κ2) is 21.2. The normalized spacial score (nSPS) is 12.6. The number of aryl methyl sites for hydroxylation is 3. The maximum absolute atomic E-state index is 2.29. The molecule has 0 fully saturated rings. The second-order valence-electron chi connectivity index (χ2n) is 7.30. The molecule has 36 heavy (non-hydrogen) atoms. The molecule has 0 bridgehead atoms. The molecule has 0 unspecified atom stereocenters. The minimum atomic E-state index is 0.413. The lowest BCUT2D eigenvalue weighted by Gasteiger charge is -2.28. The molecule has 3 heteroatoms. The van der Waals surface area contributed by atoms with Crippen LogP contribution in [0.4, 0.5) is 5.69 Å². The largest absolute Gasteiger partial charge is 0.359 e. The van der Waals surface area contributed by atoms with Crippen LogP contribution in [-0.2, 0) is 7.05 Å². The summed E-state index contributed by atoms with van der Waals surface area (Å²) in [6.07, 6.45) is 6.72. The van der Waals surface area contributed by atoms with Gasteiger partial charge in [-0.1, -0.05) is 91.8 Å². The molecule has 2 aromatic carbocycles. The molecule has 2 heterocycles. The van der Waals surface area contributed by atoms with E-state index in [9.17, 15) is 0 Å². The van der Waals surface area contributed by atoms with Gasteiger partial charge in [0.25, 0.3) is 0 Å². The van der Waals surface area contributed by atoms with Crippen LogP contribution in [0.1, 0.15) is 73.4 Å². The van der Waals surface area contributed by atoms with E-state index in [1.54, 1.807) is 0 Å². The topological polar surface area (TPSA) is 10.4 Å². The number of anilines is 1. The van der Waals surface area contributed by atoms with Gasteiger partial charge in [-0.25, -0.2) is 4.57 Å². The van der Waals surface area contributed by atoms with Gasteiger partial charge in [-0.15, -0.1) is 0 Å². The fourth-order valence-electron chi connectivity index (χ4n) is 3.42. The molecule has 0 saturated heterocycles. The van der Waals surface area contributed by atoms with Crippen molar-refractivity contribution in [2.24, 2.45) is 7.05 Å². The Hall–Kier alpha value is -3.07. The maximum Gasteiger partial charge on any atom is 0.212 e. The molecule has 3 aromatic rings. The standard InChI is InChI=1S/C13H14N.C12H16N2.4C2H6/c1-11-7-3-4-8-12(11)13-9-5-6-10-14(13)2;1-10-6-4-5-7-12(10)14-9-8-13(3)11(14)2;4*1-2/h3-10H,1-2H3;4-9,11H,1-3H3;4*1-2H3/q+1;;;;;/t;11-;;;;/m.0..../s1. The Labute approximate surface area is 224 Å². The molecule has 0 aliphatic carbocycles. The third-order valence-electron chi connectivity index (χ3n) is 5.32. The van der Waals surface area contributed by atoms with Gasteiger partial charge >= 0.3 is 0 Å². The van der Waals surface area contributed by atoms with E-state index in [0.29, 0.717) is 6.17 Å². The van der Waals surface area contributed by atoms with Crippen LogP contribution < -0.4 is 9.47 Å². The number of nitrogens with zero attached hydrogens (tertiary/aromatic N) is 3. The van der Waals surface area contributed by atoms with Crippen molar-refractivity contribution in [3.05, 3.63) is 96.5 Å². The lowest BCUT2D eigenvalue weighted by Crippen LogP contribution is -2.33. The molecule has 1 aromatic heterocycles. The molecule has 1 atom stereocenters. The van der Waals surface area contributed by atoms with Gasteiger partial charge < -0.3 is 9.80 Å². The maximum atomic E-state index is 2.29. The van der Waals surface area contributed by atoms with Gasteiger partial charge in [0.15, 0.2) is 6.20 Å². The molecule has 4 rings (SSSR count). The third kappa shape index (κ3) is 10.7. The van der Waals surface area contributed by atoms with Gasteiger partial charge in [-0.3, -0.25) is 0 Å². The van der Waals surface area contributed by atoms with Crippen LogP contribution in [0, 0.1) is 13.8 Å². The Morgan fingerprint density at radius 3 is 1.61 bits per heavy atom. The van der Waals surface area contributed by atoms with Crippen LogP contribution in [0.3, 0.4) is 0 Å². The lowest BCUT2D eigenvalue weighted by atomic mass is 10.1. The quantitative estimate of drug-likeness (QED) is 0.330. The first kappa shape index (κ1) is 35.1. The molecule has 0 spiro atoms. The van der Waals surface area contributed by atoms with Crippen molar-refractivity contribution in [1.29, 1.82) is 0 Å². The van der Waals surface area contributed by atoms with Crippen LogP contribution in [0.2, 0.25) is 0 Å². The Morgan fingerprint density at radius 2 is 1.14 bits per heavy atom. The molecule has 0 radical (unpaired) electrons. The Bertz CT molecular complexity index is 919. The summed E-state index contributed by atoms with van der Waals surface area (Å²) in [5, 5.41) is 0. The van der Waals surface area contributed by atoms with E-state index in [1.807, 2.05) is 61.5 Å². The van der Waals surface area contributed by atoms with E-state index < -0.39 is 0 Å². The van der Waals surface area contributed by atoms with Gasteiger partial charge in [0, 0.05) is 42.8 Å². The van der Waals surface area contributed by atoms with Crippen molar-refractivity contribution in [1.82, 2.24) is 4.90 Å². The molecule has 3 nitrogen and oxygen atoms in total. The van der Waals surface area contributed by atoms with E-state index in [0.717, 1.165) is 0 Å². The molecule has 1 aliphatic heterocycles. The summed E-state index contributed by atoms with van der Waals surface area (Å²) in [6.45, 7) is 22.5. The van der Waals surface area contributed by atoms with Crippen LogP contribution >= 0.6 is 0 Å². The smallest absolute Gasteiger partial charge is 0.212 e. The molecular formula is C33H54N3+. The molecule has 1 aliphatic rings. The van der Waals surface area contributed by atoms with Crippen molar-refractivity contribution in [3.8, 4) is 11.3 Å². The predicted octanol–water partition coefficient (Wildman–Crippen LogP) is 9.16. The van der Waals surface area contributed by atoms with E-state index in [1.165, 1.54) is 28.1 Å². The molecule has 0 amide bonds. The van der Waals surface area contributed by atoms with E-state index in [4.69, 9.17) is 0 Å². The number of para-hydroxylation sites is 1. The highest BCUT2D eigenvalue weighted by molar-refractivity contribution is 5.60. The summed E-state index contributed by atoms with van der Waals surface area (Å²) < 4.78 is 2.14. The average molecular weight is 493 g/mol. The second-order valence-corrected chi connectivity index (χ2v) is 7.30. The lowest BCUT2D eigenvalue weighted by molar-refractivity contribution is -0.660. The molecule has 0 saturated carbocycles. The first-order valence-corrected chi connectivity index (χ1v) is 13.7. The average Bonchev–Trinajstić information content (AvgIpc) is 3.28. The van der Waals surface area contributed by atoms with Gasteiger partial charge in [-0.05, 0) is 50.1 Å². The van der Waals surface area contributed by atoms with Gasteiger partial charge in [0.2, 0.25) is 5.69 Å². The molecule has 200 valence electrons. The Balaban J connectivity index is 0. The number of rotatable bonds is 2. The highest BCUT2D eigenvalue weighted by atomic mass is 15.4. The number of hydrogen-bond donors (Lipinski definition) is 0. The zero-order chi connectivity index (χ0) is 28.1. The van der Waals surface area contributed by atoms with E-state index >= 15 is 0 Å². The van der Waals surface area contributed by atoms with E-state index in [2.05, 4.69) is 128 Å². The van der Waals surface area contributed by atoms with Crippen molar-refractivity contribution in [3.63, 3.8) is 0 Å². The Kier molecular flexibility index (Phi) is 20.7. The first-order chi connectivity index (χ1) is 17.5. The van der Waals surface area contributed by atoms with Crippen LogP contribution in [0.5, 0.6) is 0 Å². The van der Waals surface area contributed by atoms with Crippen molar-refractivity contribution in [2.75, 3.05) is 11.9 Å². The number of pyridine rings is 1. The summed E-state index contributed by atoms with van der Waals surface area (Å²) in [4.78, 5) is 4.49. The zero-order valence-electron chi connectivity index (χ0n) is 25.5. The highest BCUT2D eigenvalue weighted by Crippen LogP contribution is 2.26. The van der Waals surface area contributed by atoms with E-state index in [-0.39, 0.29) is 0 Å². The minimum Gasteiger partial charge on any atom is -0.359 e. The van der Waals surface area contributed by atoms with Crippen LogP contribution in [-0.4, -0.2) is 18.1 Å². The van der Waals surface area contributed by atoms with Crippen molar-refractivity contribution >= 4 is 5.69 Å². The van der Waals surface area contributed by atoms with Gasteiger partial charge in [-0.2, -0.15) is 0 Å². The van der Waals surface area contributed by atoms with Crippen molar-refractivity contribution < 1.29 is 4.57 Å². The fourth-order valence-corrected chi connectivity index (χ4v) is 3.42. The SMILES string of the molecule is CC.CC.CC.CC.Cc1ccccc1-c1cccc[n+]1C.Cc1ccccc1N1C=CN(C)[C@@H]1C. The summed E-state index contributed by atoms with van der Waals surface area (Å²) in [5.41, 5.74) is 6.48. The molecular weight excluding hydrogens is 438 g/mol. The summed E-state index contributed by atoms with van der Waals surface area (Å²) in [6, 6.07) is 23.2. The summed E-state index contributed by atoms with van der Waals surface area (Å²) in [5.74, 6) is 0. The van der Waals surface area contributed by atoms with Crippen LogP contribution in [0.25, 0.3) is 11.3 Å². The van der Waals surface area contributed by atoms with Gasteiger partial charge in [0.1, 0.15) is 13.2 Å². The predicted molar refractivity (Wildman–Crippen MR) is 163 cm³/mol. The number of hydrogen-bond acceptors (Lipinski definition) is 2. The van der Waals surface area contributed by atoms with Crippen molar-refractivity contribution in [2.45, 2.75) is 82.3 Å². The highest BCUT2D eigenvalue weighted by Gasteiger charge is 2.20. The third-order valence-corrected chi connectivity index (χ3v) is 5.32. The van der Waals surface area contributed by atoms with Crippen LogP contribution in [0.15, 0.2) is 85.3 Å². The Morgan fingerprint density at radius 1 is 0.639 bits per heavy atom. The summed E-state index contributed by atoms with van der Waals surface area (Å²) in [7, 11) is 4.17.